The highest BCUT2D eigenvalue weighted by Gasteiger charge is 2.40. The van der Waals surface area contributed by atoms with E-state index >= 15 is 0 Å². The minimum Gasteiger partial charge on any atom is -0.508 e. The van der Waals surface area contributed by atoms with Gasteiger partial charge < -0.3 is 84.6 Å². The van der Waals surface area contributed by atoms with E-state index in [1.165, 1.54) is 36.0 Å². The molecule has 0 unspecified atom stereocenters. The number of likely N-dealkylation sites (tertiary alicyclic amines) is 1. The van der Waals surface area contributed by atoms with Crippen molar-refractivity contribution in [2.75, 3.05) is 37.4 Å². The number of aliphatic imine (C=N–C) groups is 1. The van der Waals surface area contributed by atoms with Gasteiger partial charge in [0.15, 0.2) is 5.96 Å². The number of guanidine groups is 1. The molecule has 1 aromatic carbocycles. The zero-order valence-electron chi connectivity index (χ0n) is 48.6. The van der Waals surface area contributed by atoms with Crippen LogP contribution in [0.4, 0.5) is 0 Å². The number of carboxylic acids is 3. The highest BCUT2D eigenvalue weighted by Crippen LogP contribution is 2.21. The Balaban J connectivity index is 1.90. The number of benzene rings is 1. The van der Waals surface area contributed by atoms with E-state index in [9.17, 15) is 78.0 Å². The molecule has 0 bridgehead atoms. The number of thiol groups is 1. The van der Waals surface area contributed by atoms with Crippen LogP contribution in [0.2, 0.25) is 0 Å². The minimum absolute atomic E-state index is 0.0264. The van der Waals surface area contributed by atoms with E-state index in [1.807, 2.05) is 6.92 Å². The van der Waals surface area contributed by atoms with Gasteiger partial charge in [-0.2, -0.15) is 24.4 Å². The fourth-order valence-electron chi connectivity index (χ4n) is 9.36. The first-order valence-electron chi connectivity index (χ1n) is 28.3. The summed E-state index contributed by atoms with van der Waals surface area (Å²) in [7, 11) is 0. The van der Waals surface area contributed by atoms with Crippen molar-refractivity contribution >= 4 is 101 Å². The van der Waals surface area contributed by atoms with Gasteiger partial charge in [0.05, 0.1) is 6.04 Å². The average Bonchev–Trinajstić information content (AvgIpc) is 3.98. The summed E-state index contributed by atoms with van der Waals surface area (Å²) < 4.78 is 0. The van der Waals surface area contributed by atoms with Crippen LogP contribution in [-0.4, -0.2) is 200 Å². The molecule has 9 amide bonds. The second-order valence-corrected chi connectivity index (χ2v) is 22.6. The lowest BCUT2D eigenvalue weighted by molar-refractivity contribution is -0.150. The number of nitrogens with one attached hydrogen (secondary N) is 9. The summed E-state index contributed by atoms with van der Waals surface area (Å²) in [5.74, 6) is -13.0. The minimum atomic E-state index is -1.54. The first-order valence-corrected chi connectivity index (χ1v) is 30.3. The van der Waals surface area contributed by atoms with Crippen molar-refractivity contribution in [3.63, 3.8) is 0 Å². The summed E-state index contributed by atoms with van der Waals surface area (Å²) in [4.78, 5) is 166. The Hall–Kier alpha value is -7.41. The Kier molecular flexibility index (Phi) is 30.8. The molecule has 0 aliphatic carbocycles. The average molecular weight is 1240 g/mol. The van der Waals surface area contributed by atoms with Crippen molar-refractivity contribution in [1.82, 2.24) is 52.8 Å². The quantitative estimate of drug-likeness (QED) is 0.0146. The van der Waals surface area contributed by atoms with Gasteiger partial charge in [0.2, 0.25) is 53.2 Å². The number of nitrogens with zero attached hydrogens (tertiary/aromatic N) is 2. The maximum atomic E-state index is 14.5. The number of hydrogen-bond acceptors (Lipinski definition) is 17. The molecule has 29 nitrogen and oxygen atoms in total. The fraction of sp³-hybridized carbons (Fsp3) is 0.648. The number of aromatic hydroxyl groups is 1. The largest absolute Gasteiger partial charge is 0.508 e. The van der Waals surface area contributed by atoms with E-state index in [4.69, 9.17) is 11.5 Å². The Bertz CT molecular complexity index is 2520. The normalized spacial score (nSPS) is 17.8. The number of carbonyl (C=O) groups excluding carboxylic acids is 9. The van der Waals surface area contributed by atoms with Crippen molar-refractivity contribution in [1.29, 1.82) is 0 Å². The van der Waals surface area contributed by atoms with Gasteiger partial charge in [-0.3, -0.25) is 57.7 Å². The summed E-state index contributed by atoms with van der Waals surface area (Å²) in [6.07, 6.45) is 1.57. The van der Waals surface area contributed by atoms with Crippen LogP contribution in [0.15, 0.2) is 29.3 Å². The number of carbonyl (C=O) groups is 12. The molecule has 2 fully saturated rings. The number of thioether (sulfide) groups is 1. The second-order valence-electron chi connectivity index (χ2n) is 21.3. The molecule has 2 heterocycles. The lowest BCUT2D eigenvalue weighted by atomic mass is 9.96. The maximum absolute atomic E-state index is 14.5. The molecule has 2 saturated heterocycles. The Labute approximate surface area is 503 Å². The molecule has 2 aliphatic heterocycles. The topological polar surface area (TPSA) is 462 Å². The Morgan fingerprint density at radius 3 is 1.73 bits per heavy atom. The highest BCUT2D eigenvalue weighted by molar-refractivity contribution is 7.98. The predicted octanol–water partition coefficient (Wildman–Crippen LogP) is -2.19. The van der Waals surface area contributed by atoms with Crippen molar-refractivity contribution in [2.24, 2.45) is 28.3 Å². The zero-order chi connectivity index (χ0) is 63.5. The summed E-state index contributed by atoms with van der Waals surface area (Å²) >= 11 is 5.61. The van der Waals surface area contributed by atoms with Crippen molar-refractivity contribution < 1.29 is 78.0 Å². The van der Waals surface area contributed by atoms with Gasteiger partial charge in [-0.15, -0.1) is 0 Å². The lowest BCUT2D eigenvalue weighted by Crippen LogP contribution is -2.62. The van der Waals surface area contributed by atoms with Gasteiger partial charge in [0.25, 0.3) is 0 Å². The lowest BCUT2D eigenvalue weighted by Gasteiger charge is -2.30. The van der Waals surface area contributed by atoms with Gasteiger partial charge in [0.1, 0.15) is 60.1 Å². The van der Waals surface area contributed by atoms with E-state index in [2.05, 4.69) is 65.5 Å². The van der Waals surface area contributed by atoms with E-state index in [-0.39, 0.29) is 68.4 Å². The SMILES string of the molecule is CC[C@H](C)[C@H](NC(=O)[C@@H]1CCCN1)C(=O)N[C@@H](CCC(=O)O)C(=O)N[C@H](C(=O)N[C@@H](CS)C(=O)N[C@@H](CCSC)C(=O)N[C@@H](Cc1ccc(O)cc1)C(=O)N[C@@H](CCCN=C(N)N)C(=O)N[C@@H](CCC(=O)O)C(=O)N1CCC[C@H]1C(=O)O)C(C)C. The molecule has 3 rings (SSSR count). The van der Waals surface area contributed by atoms with Gasteiger partial charge in [-0.1, -0.05) is 46.2 Å². The molecule has 31 heteroatoms. The summed E-state index contributed by atoms with van der Waals surface area (Å²) in [6, 6.07) is -7.55. The van der Waals surface area contributed by atoms with Crippen molar-refractivity contribution in [2.45, 2.75) is 172 Å². The highest BCUT2D eigenvalue weighted by atomic mass is 32.2. The maximum Gasteiger partial charge on any atom is 0.326 e. The molecular weight excluding hydrogens is 1150 g/mol. The first kappa shape index (κ1) is 71.9. The molecule has 0 saturated carbocycles. The molecule has 474 valence electrons. The molecular formula is C54H85N13O16S2. The van der Waals surface area contributed by atoms with Gasteiger partial charge in [-0.05, 0) is 106 Å². The van der Waals surface area contributed by atoms with Gasteiger partial charge >= 0.3 is 17.9 Å². The molecule has 2 aliphatic rings. The Morgan fingerprint density at radius 2 is 1.19 bits per heavy atom. The van der Waals surface area contributed by atoms with Crippen LogP contribution >= 0.6 is 24.4 Å². The van der Waals surface area contributed by atoms with Crippen molar-refractivity contribution in [3.8, 4) is 5.75 Å². The van der Waals surface area contributed by atoms with Crippen LogP contribution in [0.5, 0.6) is 5.75 Å². The number of amides is 9. The monoisotopic (exact) mass is 1240 g/mol. The van der Waals surface area contributed by atoms with Crippen LogP contribution in [0.1, 0.15) is 110 Å². The number of carboxylic acid groups (broad SMARTS) is 3. The third-order valence-electron chi connectivity index (χ3n) is 14.4. The molecule has 1 aromatic rings. The fourth-order valence-corrected chi connectivity index (χ4v) is 10.1. The van der Waals surface area contributed by atoms with Crippen molar-refractivity contribution in [3.05, 3.63) is 29.8 Å². The zero-order valence-corrected chi connectivity index (χ0v) is 50.3. The summed E-state index contributed by atoms with van der Waals surface area (Å²) in [5.41, 5.74) is 11.4. The number of aliphatic carboxylic acids is 3. The standard InChI is InChI=1S/C54H85N13O16S2/c1-6-29(4)43(66-44(73)32-10-7-22-57-32)51(80)61-34(17-19-40(69)70)47(76)65-42(28(2)3)50(79)64-38(27-84)49(78)60-35(21-25-85-5)46(75)63-37(26-30-13-15-31(68)16-14-30)48(77)59-33(11-8-23-58-54(55)56)45(74)62-36(18-20-41(71)72)52(81)67-24-9-12-39(67)53(82)83/h13-16,28-29,32-39,42-43,57,68,84H,6-12,17-27H2,1-5H3,(H,59,77)(H,60,78)(H,61,80)(H,62,74)(H,63,75)(H,64,79)(H,65,76)(H,66,73)(H,69,70)(H,71,72)(H,82,83)(H4,55,56,58)/t29-,32-,33-,34-,35-,36-,37-,38-,39-,42-,43-/m0/s1. The van der Waals surface area contributed by atoms with E-state index in [1.54, 1.807) is 27.0 Å². The van der Waals surface area contributed by atoms with E-state index in [0.717, 1.165) is 11.3 Å². The Morgan fingerprint density at radius 1 is 0.671 bits per heavy atom. The predicted molar refractivity (Wildman–Crippen MR) is 315 cm³/mol. The van der Waals surface area contributed by atoms with Crippen LogP contribution in [0, 0.1) is 11.8 Å². The van der Waals surface area contributed by atoms with Gasteiger partial charge in [-0.25, -0.2) is 4.79 Å². The molecule has 11 atom stereocenters. The number of phenolic OH excluding ortho intramolecular Hbond substituents is 1. The number of rotatable bonds is 37. The van der Waals surface area contributed by atoms with E-state index in [0.29, 0.717) is 31.4 Å². The molecule has 0 aromatic heterocycles. The molecule has 85 heavy (non-hydrogen) atoms. The third-order valence-corrected chi connectivity index (χ3v) is 15.4. The van der Waals surface area contributed by atoms with Crippen LogP contribution in [-0.2, 0) is 64.0 Å². The van der Waals surface area contributed by atoms with Gasteiger partial charge in [0, 0.05) is 38.1 Å². The molecule has 17 N–H and O–H groups in total. The van der Waals surface area contributed by atoms with Crippen LogP contribution in [0.3, 0.4) is 0 Å². The van der Waals surface area contributed by atoms with Crippen LogP contribution in [0.25, 0.3) is 0 Å². The first-order chi connectivity index (χ1) is 40.2. The van der Waals surface area contributed by atoms with E-state index < -0.39 is 169 Å². The van der Waals surface area contributed by atoms with Crippen LogP contribution < -0.4 is 59.3 Å². The smallest absolute Gasteiger partial charge is 0.326 e. The number of phenols is 1. The molecule has 0 radical (unpaired) electrons. The second kappa shape index (κ2) is 36.4. The number of nitrogens with two attached hydrogens (primary N) is 2. The number of hydrogen-bond donors (Lipinski definition) is 16. The summed E-state index contributed by atoms with van der Waals surface area (Å²) in [6.45, 7) is 7.33. The third kappa shape index (κ3) is 24.2. The molecule has 0 spiro atoms. The summed E-state index contributed by atoms with van der Waals surface area (Å²) in [5, 5.41) is 62.8.